The highest BCUT2D eigenvalue weighted by atomic mass is 16.7. The second-order valence-corrected chi connectivity index (χ2v) is 6.00. The maximum Gasteiger partial charge on any atom is 0.235 e. The summed E-state index contributed by atoms with van der Waals surface area (Å²) in [6.07, 6.45) is 2.65. The highest BCUT2D eigenvalue weighted by molar-refractivity contribution is 5.93. The van der Waals surface area contributed by atoms with Crippen LogP contribution in [-0.2, 0) is 25.6 Å². The summed E-state index contributed by atoms with van der Waals surface area (Å²) >= 11 is 0. The molecule has 0 amide bonds. The van der Waals surface area contributed by atoms with Gasteiger partial charge in [-0.15, -0.1) is 0 Å². The summed E-state index contributed by atoms with van der Waals surface area (Å²) in [5.74, 6) is -1.55. The van der Waals surface area contributed by atoms with E-state index in [0.717, 1.165) is 17.6 Å². The first-order valence-electron chi connectivity index (χ1n) is 7.61. The molecule has 0 spiro atoms. The first kappa shape index (κ1) is 15.4. The van der Waals surface area contributed by atoms with Gasteiger partial charge in [0.15, 0.2) is 0 Å². The van der Waals surface area contributed by atoms with Gasteiger partial charge in [-0.2, -0.15) is 0 Å². The van der Waals surface area contributed by atoms with Crippen molar-refractivity contribution in [1.29, 1.82) is 0 Å². The Hall–Kier alpha value is -1.49. The van der Waals surface area contributed by atoms with Crippen molar-refractivity contribution < 1.29 is 19.0 Å². The lowest BCUT2D eigenvalue weighted by Gasteiger charge is -2.49. The second kappa shape index (κ2) is 5.95. The number of rotatable bonds is 5. The number of Topliss-reactive ketones (excluding diaryl/α,β-unsaturated/α-hetero) is 1. The fraction of sp³-hybridized carbons (Fsp3) is 0.500. The predicted molar refractivity (Wildman–Crippen MR) is 82.1 cm³/mol. The zero-order chi connectivity index (χ0) is 15.7. The lowest BCUT2D eigenvalue weighted by molar-refractivity contribution is -0.248. The number of hydrogen-bond donors (Lipinski definition) is 0. The zero-order valence-corrected chi connectivity index (χ0v) is 13.2. The first-order chi connectivity index (χ1) is 10.6. The van der Waals surface area contributed by atoms with Crippen molar-refractivity contribution in [1.82, 2.24) is 0 Å². The quantitative estimate of drug-likeness (QED) is 0.620. The van der Waals surface area contributed by atoms with Gasteiger partial charge >= 0.3 is 0 Å². The molecule has 0 saturated heterocycles. The van der Waals surface area contributed by atoms with Crippen LogP contribution in [0.15, 0.2) is 42.0 Å². The van der Waals surface area contributed by atoms with E-state index >= 15 is 0 Å². The molecule has 3 aliphatic rings. The normalized spacial score (nSPS) is 29.5. The van der Waals surface area contributed by atoms with Gasteiger partial charge in [-0.3, -0.25) is 4.79 Å². The molecule has 1 saturated carbocycles. The molecule has 2 bridgehead atoms. The van der Waals surface area contributed by atoms with E-state index in [4.69, 9.17) is 14.2 Å². The SMILES string of the molecule is COC1(OC)C(=O)[C@@H]2C=C(C)[C@H]1C[C@H]2OCc1ccccc1. The third-order valence-electron chi connectivity index (χ3n) is 4.88. The van der Waals surface area contributed by atoms with Crippen molar-refractivity contribution >= 4 is 5.78 Å². The molecular formula is C18H22O4. The Kier molecular flexibility index (Phi) is 4.17. The average molecular weight is 302 g/mol. The Morgan fingerprint density at radius 3 is 2.50 bits per heavy atom. The molecular weight excluding hydrogens is 280 g/mol. The number of carbonyl (C=O) groups excluding carboxylic acids is 1. The van der Waals surface area contributed by atoms with Gasteiger partial charge in [0.05, 0.1) is 18.6 Å². The molecule has 1 aromatic rings. The van der Waals surface area contributed by atoms with Gasteiger partial charge < -0.3 is 14.2 Å². The molecule has 0 aliphatic heterocycles. The van der Waals surface area contributed by atoms with E-state index in [9.17, 15) is 4.79 Å². The molecule has 0 aromatic heterocycles. The van der Waals surface area contributed by atoms with Crippen molar-refractivity contribution in [2.75, 3.05) is 14.2 Å². The van der Waals surface area contributed by atoms with Gasteiger partial charge in [0.2, 0.25) is 11.6 Å². The van der Waals surface area contributed by atoms with Crippen LogP contribution >= 0.6 is 0 Å². The molecule has 118 valence electrons. The van der Waals surface area contributed by atoms with Crippen molar-refractivity contribution in [2.45, 2.75) is 31.8 Å². The summed E-state index contributed by atoms with van der Waals surface area (Å²) in [6, 6.07) is 10.0. The molecule has 1 fully saturated rings. The van der Waals surface area contributed by atoms with E-state index in [1.165, 1.54) is 14.2 Å². The summed E-state index contributed by atoms with van der Waals surface area (Å²) in [4.78, 5) is 12.8. The number of hydrogen-bond acceptors (Lipinski definition) is 4. The minimum absolute atomic E-state index is 0.0302. The topological polar surface area (TPSA) is 44.8 Å². The van der Waals surface area contributed by atoms with Gasteiger partial charge in [-0.25, -0.2) is 0 Å². The molecule has 1 aromatic carbocycles. The van der Waals surface area contributed by atoms with Gasteiger partial charge in [-0.1, -0.05) is 42.0 Å². The molecule has 4 nitrogen and oxygen atoms in total. The number of ether oxygens (including phenoxy) is 3. The zero-order valence-electron chi connectivity index (χ0n) is 13.2. The maximum atomic E-state index is 12.8. The van der Waals surface area contributed by atoms with Crippen molar-refractivity contribution in [3.63, 3.8) is 0 Å². The molecule has 4 rings (SSSR count). The largest absolute Gasteiger partial charge is 0.372 e. The van der Waals surface area contributed by atoms with E-state index in [0.29, 0.717) is 6.61 Å². The van der Waals surface area contributed by atoms with Crippen LogP contribution in [0.5, 0.6) is 0 Å². The van der Waals surface area contributed by atoms with E-state index < -0.39 is 5.79 Å². The lowest BCUT2D eigenvalue weighted by Crippen LogP contribution is -2.62. The minimum Gasteiger partial charge on any atom is -0.372 e. The molecule has 0 heterocycles. The second-order valence-electron chi connectivity index (χ2n) is 6.00. The van der Waals surface area contributed by atoms with Crippen molar-refractivity contribution in [3.05, 3.63) is 47.5 Å². The molecule has 22 heavy (non-hydrogen) atoms. The molecule has 0 N–H and O–H groups in total. The van der Waals surface area contributed by atoms with Crippen LogP contribution in [0.4, 0.5) is 0 Å². The Bertz CT molecular complexity index is 574. The number of ketones is 1. The Morgan fingerprint density at radius 1 is 1.18 bits per heavy atom. The Balaban J connectivity index is 1.77. The third-order valence-corrected chi connectivity index (χ3v) is 4.88. The third kappa shape index (κ3) is 2.32. The number of carbonyl (C=O) groups is 1. The average Bonchev–Trinajstić information content (AvgIpc) is 2.56. The molecule has 0 unspecified atom stereocenters. The fourth-order valence-electron chi connectivity index (χ4n) is 3.69. The van der Waals surface area contributed by atoms with Crippen LogP contribution < -0.4 is 0 Å². The van der Waals surface area contributed by atoms with Crippen LogP contribution in [0.1, 0.15) is 18.9 Å². The fourth-order valence-corrected chi connectivity index (χ4v) is 3.69. The van der Waals surface area contributed by atoms with Crippen LogP contribution in [-0.4, -0.2) is 31.9 Å². The Labute approximate surface area is 131 Å². The van der Waals surface area contributed by atoms with E-state index in [1.807, 2.05) is 43.3 Å². The smallest absolute Gasteiger partial charge is 0.235 e. The highest BCUT2D eigenvalue weighted by Gasteiger charge is 2.59. The van der Waals surface area contributed by atoms with E-state index in [1.54, 1.807) is 0 Å². The van der Waals surface area contributed by atoms with Gasteiger partial charge in [-0.05, 0) is 18.9 Å². The van der Waals surface area contributed by atoms with Crippen molar-refractivity contribution in [3.8, 4) is 0 Å². The number of fused-ring (bicyclic) bond motifs is 2. The van der Waals surface area contributed by atoms with Crippen molar-refractivity contribution in [2.24, 2.45) is 11.8 Å². The molecule has 3 atom stereocenters. The van der Waals surface area contributed by atoms with Gasteiger partial charge in [0.1, 0.15) is 0 Å². The van der Waals surface area contributed by atoms with Crippen LogP contribution in [0, 0.1) is 11.8 Å². The summed E-state index contributed by atoms with van der Waals surface area (Å²) in [5, 5.41) is 0. The summed E-state index contributed by atoms with van der Waals surface area (Å²) in [5.41, 5.74) is 2.26. The predicted octanol–water partition coefficient (Wildman–Crippen LogP) is 2.73. The number of methoxy groups -OCH3 is 2. The standard InChI is InChI=1S/C18H22O4/c1-12-9-14-16(22-11-13-7-5-4-6-8-13)10-15(12)18(20-2,21-3)17(14)19/h4-9,14-16H,10-11H2,1-3H3/t14-,15-,16-/m1/s1. The summed E-state index contributed by atoms with van der Waals surface area (Å²) in [7, 11) is 3.07. The van der Waals surface area contributed by atoms with Crippen LogP contribution in [0.25, 0.3) is 0 Å². The minimum atomic E-state index is -1.14. The van der Waals surface area contributed by atoms with E-state index in [2.05, 4.69) is 0 Å². The maximum absolute atomic E-state index is 12.8. The monoisotopic (exact) mass is 302 g/mol. The summed E-state index contributed by atoms with van der Waals surface area (Å²) < 4.78 is 17.0. The molecule has 0 radical (unpaired) electrons. The first-order valence-corrected chi connectivity index (χ1v) is 7.61. The van der Waals surface area contributed by atoms with Crippen LogP contribution in [0.3, 0.4) is 0 Å². The number of benzene rings is 1. The molecule has 3 aliphatic carbocycles. The van der Waals surface area contributed by atoms with Crippen LogP contribution in [0.2, 0.25) is 0 Å². The van der Waals surface area contributed by atoms with E-state index in [-0.39, 0.29) is 23.7 Å². The van der Waals surface area contributed by atoms with Gasteiger partial charge in [0, 0.05) is 20.1 Å². The Morgan fingerprint density at radius 2 is 1.86 bits per heavy atom. The highest BCUT2D eigenvalue weighted by Crippen LogP contribution is 2.47. The summed E-state index contributed by atoms with van der Waals surface area (Å²) in [6.45, 7) is 2.55. The molecule has 4 heteroatoms. The lowest BCUT2D eigenvalue weighted by atomic mass is 9.65. The van der Waals surface area contributed by atoms with Gasteiger partial charge in [0.25, 0.3) is 0 Å².